The van der Waals surface area contributed by atoms with Gasteiger partial charge >= 0.3 is 0 Å². The molecule has 0 saturated carbocycles. The van der Waals surface area contributed by atoms with Gasteiger partial charge in [0, 0.05) is 50.6 Å². The van der Waals surface area contributed by atoms with Crippen LogP contribution in [-0.4, -0.2) is 53.8 Å². The molecule has 2 aromatic carbocycles. The van der Waals surface area contributed by atoms with Gasteiger partial charge in [0.25, 0.3) is 5.91 Å². The van der Waals surface area contributed by atoms with Gasteiger partial charge in [-0.3, -0.25) is 9.59 Å². The smallest absolute Gasteiger partial charge is 0.269 e. The maximum Gasteiger partial charge on any atom is 0.269 e. The standard InChI is InChI=1S/C25H23FN4O2/c1-15(31)30-10-6-8-17(14-30)19-11-20(18-9-5-4-7-16(18)13-27)21-12-22(25(32)29(2)3)28-24(21)23(19)26/h4-5,7-9,11-12,28H,6,10,14H2,1-3H3. The second-order valence-electron chi connectivity index (χ2n) is 8.07. The molecule has 0 spiro atoms. The monoisotopic (exact) mass is 430 g/mol. The quantitative estimate of drug-likeness (QED) is 0.677. The fourth-order valence-corrected chi connectivity index (χ4v) is 4.10. The highest BCUT2D eigenvalue weighted by atomic mass is 19.1. The molecule has 0 fully saturated rings. The third kappa shape index (κ3) is 3.65. The predicted molar refractivity (Wildman–Crippen MR) is 121 cm³/mol. The van der Waals surface area contributed by atoms with Gasteiger partial charge in [0.15, 0.2) is 5.82 Å². The summed E-state index contributed by atoms with van der Waals surface area (Å²) in [6.07, 6.45) is 2.57. The number of rotatable bonds is 3. The number of fused-ring (bicyclic) bond motifs is 1. The van der Waals surface area contributed by atoms with Crippen LogP contribution < -0.4 is 0 Å². The van der Waals surface area contributed by atoms with Crippen LogP contribution >= 0.6 is 0 Å². The zero-order valence-electron chi connectivity index (χ0n) is 18.2. The van der Waals surface area contributed by atoms with Gasteiger partial charge in [0.2, 0.25) is 5.91 Å². The second-order valence-corrected chi connectivity index (χ2v) is 8.07. The van der Waals surface area contributed by atoms with E-state index in [0.717, 1.165) is 0 Å². The van der Waals surface area contributed by atoms with Crippen LogP contribution in [0.2, 0.25) is 0 Å². The summed E-state index contributed by atoms with van der Waals surface area (Å²) in [5.41, 5.74) is 3.30. The van der Waals surface area contributed by atoms with E-state index in [9.17, 15) is 14.9 Å². The Hall–Kier alpha value is -3.92. The molecule has 1 aliphatic heterocycles. The van der Waals surface area contributed by atoms with E-state index in [1.165, 1.54) is 11.8 Å². The van der Waals surface area contributed by atoms with E-state index in [-0.39, 0.29) is 23.0 Å². The summed E-state index contributed by atoms with van der Waals surface area (Å²) < 4.78 is 15.8. The van der Waals surface area contributed by atoms with Gasteiger partial charge in [0.05, 0.1) is 17.1 Å². The van der Waals surface area contributed by atoms with Crippen molar-refractivity contribution in [2.24, 2.45) is 0 Å². The average molecular weight is 430 g/mol. The highest BCUT2D eigenvalue weighted by molar-refractivity contribution is 6.05. The predicted octanol–water partition coefficient (Wildman–Crippen LogP) is 4.18. The van der Waals surface area contributed by atoms with E-state index in [0.29, 0.717) is 52.7 Å². The SMILES string of the molecule is CC(=O)N1CCC=C(c2cc(-c3ccccc3C#N)c3cc(C(=O)N(C)C)[nH]c3c2F)C1. The van der Waals surface area contributed by atoms with Crippen LogP contribution in [0.25, 0.3) is 27.6 Å². The Labute approximate surface area is 185 Å². The van der Waals surface area contributed by atoms with E-state index in [2.05, 4.69) is 11.1 Å². The molecule has 2 heterocycles. The maximum absolute atomic E-state index is 15.8. The zero-order valence-corrected chi connectivity index (χ0v) is 18.2. The molecule has 162 valence electrons. The van der Waals surface area contributed by atoms with Crippen molar-refractivity contribution in [1.82, 2.24) is 14.8 Å². The number of nitriles is 1. The highest BCUT2D eigenvalue weighted by Gasteiger charge is 2.24. The largest absolute Gasteiger partial charge is 0.348 e. The van der Waals surface area contributed by atoms with Gasteiger partial charge in [-0.25, -0.2) is 4.39 Å². The summed E-state index contributed by atoms with van der Waals surface area (Å²) in [5.74, 6) is -0.820. The number of nitrogens with one attached hydrogen (secondary N) is 1. The van der Waals surface area contributed by atoms with Gasteiger partial charge in [-0.1, -0.05) is 24.3 Å². The maximum atomic E-state index is 15.8. The van der Waals surface area contributed by atoms with Crippen molar-refractivity contribution in [2.45, 2.75) is 13.3 Å². The number of halogens is 1. The number of aromatic amines is 1. The van der Waals surface area contributed by atoms with Gasteiger partial charge in [-0.2, -0.15) is 5.26 Å². The van der Waals surface area contributed by atoms with E-state index in [4.69, 9.17) is 0 Å². The summed E-state index contributed by atoms with van der Waals surface area (Å²) in [5, 5.41) is 10.2. The Morgan fingerprint density at radius 2 is 1.91 bits per heavy atom. The first-order valence-corrected chi connectivity index (χ1v) is 10.3. The fourth-order valence-electron chi connectivity index (χ4n) is 4.10. The lowest BCUT2D eigenvalue weighted by Crippen LogP contribution is -2.33. The Balaban J connectivity index is 1.99. The lowest BCUT2D eigenvalue weighted by Gasteiger charge is -2.27. The van der Waals surface area contributed by atoms with Crippen molar-refractivity contribution in [2.75, 3.05) is 27.2 Å². The zero-order chi connectivity index (χ0) is 23.0. The minimum absolute atomic E-state index is 0.0640. The molecule has 32 heavy (non-hydrogen) atoms. The number of amides is 2. The molecule has 7 heteroatoms. The molecule has 1 aliphatic rings. The van der Waals surface area contributed by atoms with Gasteiger partial charge in [-0.05, 0) is 35.8 Å². The van der Waals surface area contributed by atoms with Gasteiger partial charge < -0.3 is 14.8 Å². The Morgan fingerprint density at radius 3 is 2.59 bits per heavy atom. The highest BCUT2D eigenvalue weighted by Crippen LogP contribution is 2.37. The number of carbonyl (C=O) groups is 2. The molecule has 1 aromatic heterocycles. The number of H-pyrrole nitrogens is 1. The Bertz CT molecular complexity index is 1310. The van der Waals surface area contributed by atoms with Crippen LogP contribution in [0.5, 0.6) is 0 Å². The molecular weight excluding hydrogens is 407 g/mol. The number of nitrogens with zero attached hydrogens (tertiary/aromatic N) is 3. The molecule has 0 aliphatic carbocycles. The van der Waals surface area contributed by atoms with Crippen LogP contribution in [0.4, 0.5) is 4.39 Å². The number of hydrogen-bond donors (Lipinski definition) is 1. The van der Waals surface area contributed by atoms with Crippen LogP contribution in [0.15, 0.2) is 42.5 Å². The summed E-state index contributed by atoms with van der Waals surface area (Å²) in [6.45, 7) is 2.40. The summed E-state index contributed by atoms with van der Waals surface area (Å²) in [6, 6.07) is 12.7. The lowest BCUT2D eigenvalue weighted by molar-refractivity contribution is -0.128. The molecule has 1 N–H and O–H groups in total. The van der Waals surface area contributed by atoms with E-state index in [1.54, 1.807) is 43.3 Å². The normalized spacial score (nSPS) is 13.6. The minimum atomic E-state index is -0.479. The summed E-state index contributed by atoms with van der Waals surface area (Å²) in [7, 11) is 3.26. The van der Waals surface area contributed by atoms with E-state index in [1.807, 2.05) is 18.2 Å². The number of benzene rings is 2. The van der Waals surface area contributed by atoms with Crippen molar-refractivity contribution in [1.29, 1.82) is 5.26 Å². The van der Waals surface area contributed by atoms with Crippen LogP contribution in [0.1, 0.15) is 35.0 Å². The summed E-state index contributed by atoms with van der Waals surface area (Å²) in [4.78, 5) is 30.5. The third-order valence-corrected chi connectivity index (χ3v) is 5.77. The van der Waals surface area contributed by atoms with Crippen molar-refractivity contribution in [3.8, 4) is 17.2 Å². The topological polar surface area (TPSA) is 80.2 Å². The average Bonchev–Trinajstić information content (AvgIpc) is 3.25. The van der Waals surface area contributed by atoms with Crippen molar-refractivity contribution >= 4 is 28.3 Å². The van der Waals surface area contributed by atoms with E-state index >= 15 is 4.39 Å². The van der Waals surface area contributed by atoms with Gasteiger partial charge in [0.1, 0.15) is 5.69 Å². The van der Waals surface area contributed by atoms with Crippen molar-refractivity contribution in [3.63, 3.8) is 0 Å². The Morgan fingerprint density at radius 1 is 1.16 bits per heavy atom. The molecule has 4 rings (SSSR count). The third-order valence-electron chi connectivity index (χ3n) is 5.77. The first kappa shape index (κ1) is 21.3. The molecule has 2 amide bonds. The van der Waals surface area contributed by atoms with Gasteiger partial charge in [-0.15, -0.1) is 0 Å². The van der Waals surface area contributed by atoms with Crippen molar-refractivity contribution in [3.05, 3.63) is 65.1 Å². The van der Waals surface area contributed by atoms with Crippen LogP contribution in [-0.2, 0) is 4.79 Å². The summed E-state index contributed by atoms with van der Waals surface area (Å²) >= 11 is 0. The number of hydrogen-bond acceptors (Lipinski definition) is 3. The molecule has 3 aromatic rings. The second kappa shape index (κ2) is 8.31. The first-order chi connectivity index (χ1) is 15.3. The minimum Gasteiger partial charge on any atom is -0.348 e. The molecule has 0 atom stereocenters. The molecule has 6 nitrogen and oxygen atoms in total. The number of carbonyl (C=O) groups excluding carboxylic acids is 2. The van der Waals surface area contributed by atoms with E-state index < -0.39 is 5.82 Å². The Kier molecular flexibility index (Phi) is 5.54. The lowest BCUT2D eigenvalue weighted by atomic mass is 9.91. The van der Waals surface area contributed by atoms with Crippen molar-refractivity contribution < 1.29 is 14.0 Å². The molecule has 0 saturated heterocycles. The fraction of sp³-hybridized carbons (Fsp3) is 0.240. The molecular formula is C25H23FN4O2. The van der Waals surface area contributed by atoms with Crippen LogP contribution in [0.3, 0.4) is 0 Å². The number of aromatic nitrogens is 1. The first-order valence-electron chi connectivity index (χ1n) is 10.3. The van der Waals surface area contributed by atoms with Crippen LogP contribution in [0, 0.1) is 17.1 Å². The molecule has 0 radical (unpaired) electrons. The molecule has 0 unspecified atom stereocenters. The molecule has 0 bridgehead atoms.